The first-order valence-corrected chi connectivity index (χ1v) is 6.42. The van der Waals surface area contributed by atoms with Gasteiger partial charge in [0, 0.05) is 10.9 Å². The number of hydrogen-bond donors (Lipinski definition) is 0. The molecule has 0 saturated heterocycles. The third kappa shape index (κ3) is 2.14. The molecule has 1 heterocycles. The van der Waals surface area contributed by atoms with E-state index >= 15 is 0 Å². The molecule has 0 radical (unpaired) electrons. The molecule has 1 atom stereocenters. The molecule has 1 nitrogen and oxygen atoms in total. The Morgan fingerprint density at radius 3 is 2.50 bits per heavy atom. The molecule has 0 aliphatic carbocycles. The maximum absolute atomic E-state index is 6.50. The van der Waals surface area contributed by atoms with E-state index in [-0.39, 0.29) is 5.38 Å². The molecule has 90 valence electrons. The summed E-state index contributed by atoms with van der Waals surface area (Å²) in [5.74, 6) is 0. The van der Waals surface area contributed by atoms with Crippen LogP contribution in [0.4, 0.5) is 0 Å². The van der Waals surface area contributed by atoms with E-state index in [9.17, 15) is 0 Å². The number of furan rings is 1. The van der Waals surface area contributed by atoms with Crippen LogP contribution in [0, 0.1) is 0 Å². The van der Waals surface area contributed by atoms with Crippen LogP contribution in [0.25, 0.3) is 11.0 Å². The summed E-state index contributed by atoms with van der Waals surface area (Å²) in [6, 6.07) is 18.3. The Kier molecular flexibility index (Phi) is 3.07. The first-order valence-electron chi connectivity index (χ1n) is 5.99. The number of fused-ring (bicyclic) bond motifs is 1. The van der Waals surface area contributed by atoms with Crippen LogP contribution in [0.5, 0.6) is 0 Å². The molecule has 0 fully saturated rings. The molecule has 18 heavy (non-hydrogen) atoms. The molecular weight excluding hydrogens is 244 g/mol. The van der Waals surface area contributed by atoms with Crippen molar-refractivity contribution >= 4 is 22.6 Å². The van der Waals surface area contributed by atoms with Crippen molar-refractivity contribution in [1.82, 2.24) is 0 Å². The molecule has 0 amide bonds. The summed E-state index contributed by atoms with van der Waals surface area (Å²) in [6.07, 6.45) is 2.58. The Hall–Kier alpha value is -1.73. The lowest BCUT2D eigenvalue weighted by atomic mass is 10.0. The van der Waals surface area contributed by atoms with E-state index in [1.165, 1.54) is 5.56 Å². The highest BCUT2D eigenvalue weighted by Gasteiger charge is 2.14. The molecule has 0 aliphatic rings. The average molecular weight is 257 g/mol. The Balaban J connectivity index is 1.90. The van der Waals surface area contributed by atoms with Gasteiger partial charge in [0.1, 0.15) is 5.58 Å². The standard InChI is InChI=1S/C16H13ClO/c17-15(10-12-6-2-1-3-7-12)14-11-18-16-9-5-4-8-13(14)16/h1-9,11,15H,10H2. The summed E-state index contributed by atoms with van der Waals surface area (Å²) in [7, 11) is 0. The topological polar surface area (TPSA) is 13.1 Å². The van der Waals surface area contributed by atoms with Crippen molar-refractivity contribution in [3.63, 3.8) is 0 Å². The molecule has 1 unspecified atom stereocenters. The molecule has 2 aromatic carbocycles. The molecule has 0 aliphatic heterocycles. The predicted molar refractivity (Wildman–Crippen MR) is 75.0 cm³/mol. The number of halogens is 1. The van der Waals surface area contributed by atoms with Gasteiger partial charge in [-0.15, -0.1) is 11.6 Å². The summed E-state index contributed by atoms with van der Waals surface area (Å²) in [5, 5.41) is 1.05. The number of para-hydroxylation sites is 1. The Labute approximate surface area is 111 Å². The Morgan fingerprint density at radius 2 is 1.67 bits per heavy atom. The van der Waals surface area contributed by atoms with Gasteiger partial charge in [0.05, 0.1) is 11.6 Å². The fraction of sp³-hybridized carbons (Fsp3) is 0.125. The Bertz CT molecular complexity index is 642. The van der Waals surface area contributed by atoms with Crippen LogP contribution < -0.4 is 0 Å². The number of benzene rings is 2. The number of rotatable bonds is 3. The zero-order valence-electron chi connectivity index (χ0n) is 9.84. The van der Waals surface area contributed by atoms with Gasteiger partial charge >= 0.3 is 0 Å². The number of hydrogen-bond acceptors (Lipinski definition) is 1. The smallest absolute Gasteiger partial charge is 0.134 e. The zero-order valence-corrected chi connectivity index (χ0v) is 10.6. The van der Waals surface area contributed by atoms with E-state index < -0.39 is 0 Å². The second kappa shape index (κ2) is 4.87. The fourth-order valence-electron chi connectivity index (χ4n) is 2.17. The van der Waals surface area contributed by atoms with Crippen LogP contribution in [-0.4, -0.2) is 0 Å². The van der Waals surface area contributed by atoms with Crippen LogP contribution in [0.15, 0.2) is 65.3 Å². The lowest BCUT2D eigenvalue weighted by molar-refractivity contribution is 0.609. The van der Waals surface area contributed by atoms with Crippen molar-refractivity contribution in [1.29, 1.82) is 0 Å². The van der Waals surface area contributed by atoms with Gasteiger partial charge < -0.3 is 4.42 Å². The highest BCUT2D eigenvalue weighted by molar-refractivity contribution is 6.21. The van der Waals surface area contributed by atoms with Gasteiger partial charge in [-0.05, 0) is 18.1 Å². The van der Waals surface area contributed by atoms with Gasteiger partial charge in [-0.1, -0.05) is 48.5 Å². The monoisotopic (exact) mass is 256 g/mol. The van der Waals surface area contributed by atoms with Gasteiger partial charge in [-0.2, -0.15) is 0 Å². The second-order valence-electron chi connectivity index (χ2n) is 4.34. The first kappa shape index (κ1) is 11.4. The summed E-state index contributed by atoms with van der Waals surface area (Å²) in [5.41, 5.74) is 3.20. The van der Waals surface area contributed by atoms with Crippen molar-refractivity contribution in [3.8, 4) is 0 Å². The molecular formula is C16H13ClO. The second-order valence-corrected chi connectivity index (χ2v) is 4.87. The van der Waals surface area contributed by atoms with Crippen LogP contribution in [-0.2, 0) is 6.42 Å². The Morgan fingerprint density at radius 1 is 0.944 bits per heavy atom. The molecule has 0 bridgehead atoms. The van der Waals surface area contributed by atoms with Crippen LogP contribution in [0.2, 0.25) is 0 Å². The van der Waals surface area contributed by atoms with Crippen molar-refractivity contribution < 1.29 is 4.42 Å². The first-order chi connectivity index (χ1) is 8.84. The van der Waals surface area contributed by atoms with E-state index in [1.807, 2.05) is 36.4 Å². The minimum absolute atomic E-state index is 0.0592. The summed E-state index contributed by atoms with van der Waals surface area (Å²) >= 11 is 6.50. The summed E-state index contributed by atoms with van der Waals surface area (Å²) in [4.78, 5) is 0. The molecule has 0 saturated carbocycles. The van der Waals surface area contributed by atoms with Crippen molar-refractivity contribution in [3.05, 3.63) is 72.0 Å². The van der Waals surface area contributed by atoms with Gasteiger partial charge in [-0.3, -0.25) is 0 Å². The lowest BCUT2D eigenvalue weighted by Gasteiger charge is -2.07. The van der Waals surface area contributed by atoms with Crippen LogP contribution >= 0.6 is 11.6 Å². The molecule has 3 rings (SSSR count). The highest BCUT2D eigenvalue weighted by atomic mass is 35.5. The highest BCUT2D eigenvalue weighted by Crippen LogP contribution is 2.32. The molecule has 0 N–H and O–H groups in total. The largest absolute Gasteiger partial charge is 0.464 e. The summed E-state index contributed by atoms with van der Waals surface area (Å²) in [6.45, 7) is 0. The number of alkyl halides is 1. The zero-order chi connectivity index (χ0) is 12.4. The van der Waals surface area contributed by atoms with Crippen molar-refractivity contribution in [2.45, 2.75) is 11.8 Å². The van der Waals surface area contributed by atoms with Gasteiger partial charge in [0.2, 0.25) is 0 Å². The third-order valence-corrected chi connectivity index (χ3v) is 3.50. The molecule has 0 spiro atoms. The minimum Gasteiger partial charge on any atom is -0.464 e. The van der Waals surface area contributed by atoms with Gasteiger partial charge in [0.15, 0.2) is 0 Å². The summed E-state index contributed by atoms with van der Waals surface area (Å²) < 4.78 is 5.52. The maximum atomic E-state index is 6.50. The van der Waals surface area contributed by atoms with Gasteiger partial charge in [0.25, 0.3) is 0 Å². The van der Waals surface area contributed by atoms with Crippen LogP contribution in [0.1, 0.15) is 16.5 Å². The van der Waals surface area contributed by atoms with Crippen molar-refractivity contribution in [2.24, 2.45) is 0 Å². The minimum atomic E-state index is -0.0592. The van der Waals surface area contributed by atoms with E-state index in [4.69, 9.17) is 16.0 Å². The van der Waals surface area contributed by atoms with E-state index in [2.05, 4.69) is 18.2 Å². The molecule has 1 aromatic heterocycles. The van der Waals surface area contributed by atoms with E-state index in [0.717, 1.165) is 23.0 Å². The maximum Gasteiger partial charge on any atom is 0.134 e. The van der Waals surface area contributed by atoms with Gasteiger partial charge in [-0.25, -0.2) is 0 Å². The lowest BCUT2D eigenvalue weighted by Crippen LogP contribution is -1.94. The normalized spacial score (nSPS) is 12.7. The molecule has 2 heteroatoms. The van der Waals surface area contributed by atoms with E-state index in [0.29, 0.717) is 0 Å². The SMILES string of the molecule is ClC(Cc1ccccc1)c1coc2ccccc12. The quantitative estimate of drug-likeness (QED) is 0.604. The third-order valence-electron chi connectivity index (χ3n) is 3.11. The molecule has 3 aromatic rings. The van der Waals surface area contributed by atoms with E-state index in [1.54, 1.807) is 6.26 Å². The van der Waals surface area contributed by atoms with Crippen molar-refractivity contribution in [2.75, 3.05) is 0 Å². The predicted octanol–water partition coefficient (Wildman–Crippen LogP) is 4.96. The fourth-order valence-corrected chi connectivity index (χ4v) is 2.52. The average Bonchev–Trinajstić information content (AvgIpc) is 2.84. The van der Waals surface area contributed by atoms with Crippen LogP contribution in [0.3, 0.4) is 0 Å².